The van der Waals surface area contributed by atoms with Crippen LogP contribution in [0.2, 0.25) is 0 Å². The molecule has 9 heteroatoms. The molecule has 0 aliphatic carbocycles. The first-order chi connectivity index (χ1) is 16.5. The number of halogens is 1. The number of aromatic nitrogens is 3. The van der Waals surface area contributed by atoms with E-state index in [-0.39, 0.29) is 0 Å². The third-order valence-electron chi connectivity index (χ3n) is 6.85. The van der Waals surface area contributed by atoms with E-state index in [2.05, 4.69) is 38.7 Å². The summed E-state index contributed by atoms with van der Waals surface area (Å²) in [4.78, 5) is 12.0. The van der Waals surface area contributed by atoms with Crippen LogP contribution >= 0.6 is 0 Å². The van der Waals surface area contributed by atoms with Gasteiger partial charge < -0.3 is 20.2 Å². The first-order valence-electron chi connectivity index (χ1n) is 11.5. The fraction of sp³-hybridized carbons (Fsp3) is 0.360. The molecule has 34 heavy (non-hydrogen) atoms. The third kappa shape index (κ3) is 4.01. The number of aromatic hydroxyl groups is 1. The van der Waals surface area contributed by atoms with E-state index in [9.17, 15) is 9.50 Å². The van der Waals surface area contributed by atoms with Crippen LogP contribution in [0.4, 0.5) is 15.8 Å². The van der Waals surface area contributed by atoms with Crippen molar-refractivity contribution in [2.24, 2.45) is 0 Å². The molecule has 0 bridgehead atoms. The Morgan fingerprint density at radius 1 is 1.18 bits per heavy atom. The number of allylic oxidation sites excluding steroid dienone is 2. The van der Waals surface area contributed by atoms with Crippen molar-refractivity contribution in [1.29, 1.82) is 0 Å². The fourth-order valence-electron chi connectivity index (χ4n) is 4.74. The lowest BCUT2D eigenvalue weighted by molar-refractivity contribution is 0.0963. The highest BCUT2D eigenvalue weighted by atomic mass is 19.1. The van der Waals surface area contributed by atoms with Gasteiger partial charge >= 0.3 is 0 Å². The van der Waals surface area contributed by atoms with Crippen molar-refractivity contribution < 1.29 is 9.50 Å². The summed E-state index contributed by atoms with van der Waals surface area (Å²) < 4.78 is 15.7. The molecule has 0 radical (unpaired) electrons. The lowest BCUT2D eigenvalue weighted by Gasteiger charge is -2.48. The summed E-state index contributed by atoms with van der Waals surface area (Å²) in [5.41, 5.74) is 4.42. The molecule has 2 aliphatic heterocycles. The average molecular weight is 464 g/mol. The number of piperazine rings is 1. The van der Waals surface area contributed by atoms with Gasteiger partial charge in [-0.2, -0.15) is 5.10 Å². The Kier molecular flexibility index (Phi) is 5.97. The molecule has 8 nitrogen and oxygen atoms in total. The smallest absolute Gasteiger partial charge is 0.166 e. The summed E-state index contributed by atoms with van der Waals surface area (Å²) >= 11 is 0. The van der Waals surface area contributed by atoms with Crippen LogP contribution < -0.4 is 10.2 Å². The summed E-state index contributed by atoms with van der Waals surface area (Å²) in [6, 6.07) is 3.28. The Balaban J connectivity index is 1.40. The van der Waals surface area contributed by atoms with Gasteiger partial charge in [-0.1, -0.05) is 18.7 Å². The van der Waals surface area contributed by atoms with Crippen LogP contribution in [0.1, 0.15) is 11.1 Å². The minimum Gasteiger partial charge on any atom is -0.505 e. The minimum absolute atomic E-state index is 0.414. The first kappa shape index (κ1) is 22.4. The number of nitrogens with one attached hydrogen (secondary N) is 1. The molecule has 0 atom stereocenters. The number of phenolic OH excluding ortho intramolecular Hbond substituents is 1. The Morgan fingerprint density at radius 2 is 1.94 bits per heavy atom. The van der Waals surface area contributed by atoms with Crippen LogP contribution in [0.15, 0.2) is 49.5 Å². The number of phenols is 1. The van der Waals surface area contributed by atoms with Gasteiger partial charge in [0.2, 0.25) is 0 Å². The second kappa shape index (κ2) is 9.08. The maximum absolute atomic E-state index is 13.9. The molecule has 1 aromatic carbocycles. The average Bonchev–Trinajstić information content (AvgIpc) is 3.22. The lowest BCUT2D eigenvalue weighted by atomic mass is 9.97. The predicted molar refractivity (Wildman–Crippen MR) is 133 cm³/mol. The highest BCUT2D eigenvalue weighted by molar-refractivity contribution is 5.91. The molecule has 2 saturated heterocycles. The van der Waals surface area contributed by atoms with Gasteiger partial charge in [0.25, 0.3) is 0 Å². The van der Waals surface area contributed by atoms with Gasteiger partial charge in [-0.25, -0.2) is 13.9 Å². The van der Waals surface area contributed by atoms with E-state index in [0.717, 1.165) is 56.1 Å². The van der Waals surface area contributed by atoms with Crippen LogP contribution in [0, 0.1) is 5.82 Å². The van der Waals surface area contributed by atoms with Gasteiger partial charge in [-0.05, 0) is 18.7 Å². The monoisotopic (exact) mass is 463 g/mol. The summed E-state index contributed by atoms with van der Waals surface area (Å²) in [6.07, 6.45) is 9.10. The van der Waals surface area contributed by atoms with E-state index >= 15 is 0 Å². The molecule has 2 N–H and O–H groups in total. The van der Waals surface area contributed by atoms with E-state index in [1.54, 1.807) is 23.8 Å². The van der Waals surface area contributed by atoms with Crippen LogP contribution in [-0.4, -0.2) is 88.9 Å². The standard InChI is InChI=1S/C25H30FN7O/c1-4-5-19(20-10-24(34)22(26)11-23(20)27-2)21-13-29-33-16-17(12-28-25(21)33)32-14-18(15-32)31-8-6-30(3)7-9-31/h4-5,10-13,16,18,27,34H,1,6-9,14-15H2,2-3H3/b19-5+. The molecule has 4 heterocycles. The molecule has 0 saturated carbocycles. The van der Waals surface area contributed by atoms with Gasteiger partial charge in [0, 0.05) is 75.2 Å². The topological polar surface area (TPSA) is 72.2 Å². The second-order valence-corrected chi connectivity index (χ2v) is 8.95. The Labute approximate surface area is 198 Å². The van der Waals surface area contributed by atoms with Gasteiger partial charge in [-0.15, -0.1) is 0 Å². The Bertz CT molecular complexity index is 1240. The largest absolute Gasteiger partial charge is 0.505 e. The SMILES string of the molecule is C=C/C=C(\c1cc(O)c(F)cc1NC)c1cnn2cc(N3CC(N4CCN(C)CC4)C3)cnc12. The molecule has 2 aliphatic rings. The molecule has 0 unspecified atom stereocenters. The number of nitrogens with zero attached hydrogens (tertiary/aromatic N) is 6. The van der Waals surface area contributed by atoms with E-state index in [4.69, 9.17) is 4.98 Å². The number of benzene rings is 1. The summed E-state index contributed by atoms with van der Waals surface area (Å²) in [5, 5.41) is 17.5. The highest BCUT2D eigenvalue weighted by Gasteiger charge is 2.33. The zero-order chi connectivity index (χ0) is 23.8. The van der Waals surface area contributed by atoms with Gasteiger partial charge in [0.1, 0.15) is 0 Å². The van der Waals surface area contributed by atoms with E-state index < -0.39 is 11.6 Å². The highest BCUT2D eigenvalue weighted by Crippen LogP contribution is 2.35. The summed E-state index contributed by atoms with van der Waals surface area (Å²) in [6.45, 7) is 10.3. The molecule has 0 amide bonds. The molecule has 178 valence electrons. The van der Waals surface area contributed by atoms with Gasteiger partial charge in [0.05, 0.1) is 24.3 Å². The molecule has 5 rings (SSSR count). The number of rotatable bonds is 6. The third-order valence-corrected chi connectivity index (χ3v) is 6.85. The van der Waals surface area contributed by atoms with Crippen molar-refractivity contribution in [2.75, 3.05) is 63.6 Å². The molecular weight excluding hydrogens is 433 g/mol. The van der Waals surface area contributed by atoms with Crippen molar-refractivity contribution in [3.63, 3.8) is 0 Å². The van der Waals surface area contributed by atoms with Crippen molar-refractivity contribution in [1.82, 2.24) is 24.4 Å². The number of fused-ring (bicyclic) bond motifs is 1. The number of likely N-dealkylation sites (N-methyl/N-ethyl adjacent to an activating group) is 1. The maximum Gasteiger partial charge on any atom is 0.166 e. The Morgan fingerprint density at radius 3 is 2.65 bits per heavy atom. The number of anilines is 2. The molecule has 0 spiro atoms. The molecule has 3 aromatic rings. The van der Waals surface area contributed by atoms with E-state index in [1.807, 2.05) is 18.5 Å². The van der Waals surface area contributed by atoms with Gasteiger partial charge in [0.15, 0.2) is 17.2 Å². The van der Waals surface area contributed by atoms with Gasteiger partial charge in [-0.3, -0.25) is 4.90 Å². The maximum atomic E-state index is 13.9. The van der Waals surface area contributed by atoms with Crippen molar-refractivity contribution in [3.05, 3.63) is 66.4 Å². The van der Waals surface area contributed by atoms with Crippen molar-refractivity contribution >= 4 is 22.6 Å². The van der Waals surface area contributed by atoms with E-state index in [0.29, 0.717) is 22.9 Å². The molecular formula is C25H30FN7O. The zero-order valence-electron chi connectivity index (χ0n) is 19.6. The molecule has 2 aromatic heterocycles. The minimum atomic E-state index is -0.682. The predicted octanol–water partition coefficient (Wildman–Crippen LogP) is 2.67. The Hall–Kier alpha value is -3.43. The van der Waals surface area contributed by atoms with Crippen molar-refractivity contribution in [3.8, 4) is 5.75 Å². The molecule has 2 fully saturated rings. The van der Waals surface area contributed by atoms with Crippen LogP contribution in [0.3, 0.4) is 0 Å². The van der Waals surface area contributed by atoms with Crippen molar-refractivity contribution in [2.45, 2.75) is 6.04 Å². The lowest BCUT2D eigenvalue weighted by Crippen LogP contribution is -2.63. The normalized spacial score (nSPS) is 18.3. The number of hydrogen-bond donors (Lipinski definition) is 2. The van der Waals surface area contributed by atoms with Crippen LogP contribution in [0.5, 0.6) is 5.75 Å². The van der Waals surface area contributed by atoms with Crippen LogP contribution in [-0.2, 0) is 0 Å². The summed E-state index contributed by atoms with van der Waals surface area (Å²) in [5.74, 6) is -1.10. The summed E-state index contributed by atoms with van der Waals surface area (Å²) in [7, 11) is 3.89. The quantitative estimate of drug-likeness (QED) is 0.430. The number of hydrogen-bond acceptors (Lipinski definition) is 7. The first-order valence-corrected chi connectivity index (χ1v) is 11.5. The zero-order valence-corrected chi connectivity index (χ0v) is 19.6. The fourth-order valence-corrected chi connectivity index (χ4v) is 4.74. The second-order valence-electron chi connectivity index (χ2n) is 8.95. The van der Waals surface area contributed by atoms with E-state index in [1.165, 1.54) is 12.1 Å². The van der Waals surface area contributed by atoms with Crippen LogP contribution in [0.25, 0.3) is 11.2 Å².